The third-order valence-corrected chi connectivity index (χ3v) is 27.2. The molecular weight excluding hydrogens is 1000 g/mol. The first-order valence-electron chi connectivity index (χ1n) is 34.7. The highest BCUT2D eigenvalue weighted by Crippen LogP contribution is 2.60. The summed E-state index contributed by atoms with van der Waals surface area (Å²) in [5.41, 5.74) is 0. The van der Waals surface area contributed by atoms with Gasteiger partial charge in [0.1, 0.15) is 0 Å². The second-order valence-corrected chi connectivity index (χ2v) is 30.1. The van der Waals surface area contributed by atoms with Crippen LogP contribution in [0.15, 0.2) is 0 Å². The van der Waals surface area contributed by atoms with Gasteiger partial charge in [-0.1, -0.05) is 105 Å². The van der Waals surface area contributed by atoms with Crippen molar-refractivity contribution in [3.8, 4) is 0 Å². The second kappa shape index (κ2) is 24.2. The van der Waals surface area contributed by atoms with Crippen molar-refractivity contribution in [3.05, 3.63) is 0 Å². The standard InChI is InChI=1S/C66H114N8O6/c1-9-11-29-79-57-43-31-35-21-13-14-22-36(35)32-44(43)58(80-30-12-10-2)52-51(57)65-71-61-47-45(33(3)37-23-15-17-25-39(37)53(47)75-5)59(67-61)69-63-49-50(56(78-8)42-28-20-19-27-41(42)55(49)77-7)64(73-63)70-60-46-34(4)38-24-16-18-26-40(38)54(76-6)48(46)62(68-60)72-66(52)74-65/h33-74H,9-32H2,1-8H3. The van der Waals surface area contributed by atoms with Crippen LogP contribution in [-0.4, -0.2) is 128 Å². The molecular formula is C66H114N8O6. The van der Waals surface area contributed by atoms with Crippen LogP contribution < -0.4 is 42.5 Å². The molecule has 0 aromatic carbocycles. The maximum atomic E-state index is 7.67. The molecule has 34 unspecified atom stereocenters. The smallest absolute Gasteiger partial charge is 0.0667 e. The Labute approximate surface area is 483 Å². The van der Waals surface area contributed by atoms with E-state index in [1.54, 1.807) is 0 Å². The number of hydrogen-bond donors (Lipinski definition) is 8. The Morgan fingerprint density at radius 1 is 0.300 bits per heavy atom. The summed E-state index contributed by atoms with van der Waals surface area (Å²) in [6.07, 6.45) is 29.3. The van der Waals surface area contributed by atoms with Gasteiger partial charge in [0, 0.05) is 77.2 Å². The van der Waals surface area contributed by atoms with E-state index in [9.17, 15) is 0 Å². The zero-order chi connectivity index (χ0) is 54.5. The quantitative estimate of drug-likeness (QED) is 0.0886. The van der Waals surface area contributed by atoms with Crippen LogP contribution in [0, 0.1) is 118 Å². The Hall–Kier alpha value is -0.560. The monoisotopic (exact) mass is 1110 g/mol. The minimum absolute atomic E-state index is 0.00533. The molecule has 14 aliphatic rings. The molecule has 5 aliphatic heterocycles. The molecule has 0 radical (unpaired) electrons. The van der Waals surface area contributed by atoms with Gasteiger partial charge >= 0.3 is 0 Å². The molecule has 14 nitrogen and oxygen atoms in total. The van der Waals surface area contributed by atoms with Crippen LogP contribution in [0.5, 0.6) is 0 Å². The molecule has 80 heavy (non-hydrogen) atoms. The zero-order valence-electron chi connectivity index (χ0n) is 51.0. The SMILES string of the molecule is CCCCOC1C2CC3CCCCC3CC2C(OCCCC)C2C3NC4NC(NC5NC(NC6NC(NC(N3)C12)C1C(OC)C2CCCCC2C(C)C61)C1C(OC)C2CCCCC2C(OC)C51)C1C(C)C2CCCCC2C(OC)C41. The lowest BCUT2D eigenvalue weighted by molar-refractivity contribution is -0.186. The second-order valence-electron chi connectivity index (χ2n) is 30.1. The Kier molecular flexibility index (Phi) is 17.3. The molecule has 9 saturated carbocycles. The summed E-state index contributed by atoms with van der Waals surface area (Å²) in [5.74, 6) is 9.35. The first-order valence-corrected chi connectivity index (χ1v) is 34.7. The summed E-state index contributed by atoms with van der Waals surface area (Å²) in [5, 5.41) is 36.6. The number of nitrogens with one attached hydrogen (secondary N) is 8. The molecule has 8 bridgehead atoms. The normalized spacial score (nSPS) is 55.8. The van der Waals surface area contributed by atoms with Crippen molar-refractivity contribution in [2.24, 2.45) is 118 Å². The molecule has 5 saturated heterocycles. The van der Waals surface area contributed by atoms with Gasteiger partial charge in [0.25, 0.3) is 0 Å². The van der Waals surface area contributed by atoms with E-state index in [0.29, 0.717) is 71.0 Å². The average molecular weight is 1120 g/mol. The molecule has 34 atom stereocenters. The van der Waals surface area contributed by atoms with E-state index in [0.717, 1.165) is 50.7 Å². The lowest BCUT2D eigenvalue weighted by atomic mass is 9.54. The van der Waals surface area contributed by atoms with Gasteiger partial charge in [0.05, 0.1) is 86.0 Å². The number of ether oxygens (including phenoxy) is 6. The van der Waals surface area contributed by atoms with Crippen molar-refractivity contribution < 1.29 is 28.4 Å². The van der Waals surface area contributed by atoms with Gasteiger partial charge < -0.3 is 28.4 Å². The topological polar surface area (TPSA) is 152 Å². The minimum atomic E-state index is 0.00533. The number of unbranched alkanes of at least 4 members (excludes halogenated alkanes) is 2. The molecule has 14 rings (SSSR count). The summed E-state index contributed by atoms with van der Waals surface area (Å²) >= 11 is 0. The predicted octanol–water partition coefficient (Wildman–Crippen LogP) is 8.32. The largest absolute Gasteiger partial charge is 0.381 e. The van der Waals surface area contributed by atoms with E-state index in [1.165, 1.54) is 116 Å². The van der Waals surface area contributed by atoms with Crippen LogP contribution in [0.1, 0.15) is 169 Å². The van der Waals surface area contributed by atoms with Gasteiger partial charge in [-0.05, 0) is 147 Å². The van der Waals surface area contributed by atoms with Crippen LogP contribution in [0.25, 0.3) is 0 Å². The Morgan fingerprint density at radius 2 is 0.550 bits per heavy atom. The number of fused-ring (bicyclic) bond motifs is 25. The molecule has 0 spiro atoms. The van der Waals surface area contributed by atoms with Gasteiger partial charge in [-0.15, -0.1) is 0 Å². The van der Waals surface area contributed by atoms with E-state index < -0.39 is 0 Å². The summed E-state index contributed by atoms with van der Waals surface area (Å²) < 4.78 is 43.3. The van der Waals surface area contributed by atoms with E-state index >= 15 is 0 Å². The van der Waals surface area contributed by atoms with Crippen molar-refractivity contribution >= 4 is 0 Å². The molecule has 0 amide bonds. The van der Waals surface area contributed by atoms with Crippen LogP contribution in [0.3, 0.4) is 0 Å². The fourth-order valence-corrected chi connectivity index (χ4v) is 24.3. The van der Waals surface area contributed by atoms with E-state index in [-0.39, 0.29) is 121 Å². The van der Waals surface area contributed by atoms with Gasteiger partial charge in [-0.25, -0.2) is 0 Å². The third-order valence-electron chi connectivity index (χ3n) is 27.2. The van der Waals surface area contributed by atoms with Crippen molar-refractivity contribution in [3.63, 3.8) is 0 Å². The Bertz CT molecular complexity index is 1930. The first-order chi connectivity index (χ1) is 39.3. The van der Waals surface area contributed by atoms with Gasteiger partial charge in [0.2, 0.25) is 0 Å². The van der Waals surface area contributed by atoms with Crippen LogP contribution >= 0.6 is 0 Å². The number of methoxy groups -OCH3 is 4. The highest BCUT2D eigenvalue weighted by molar-refractivity contribution is 5.19. The predicted molar refractivity (Wildman–Crippen MR) is 312 cm³/mol. The Balaban J connectivity index is 0.916. The maximum absolute atomic E-state index is 7.67. The minimum Gasteiger partial charge on any atom is -0.381 e. The molecule has 454 valence electrons. The third kappa shape index (κ3) is 9.57. The summed E-state index contributed by atoms with van der Waals surface area (Å²) in [6.45, 7) is 11.6. The van der Waals surface area contributed by atoms with E-state index in [1.807, 2.05) is 14.2 Å². The van der Waals surface area contributed by atoms with Gasteiger partial charge in [-0.3, -0.25) is 42.5 Å². The lowest BCUT2D eigenvalue weighted by Crippen LogP contribution is -2.64. The van der Waals surface area contributed by atoms with Gasteiger partial charge in [-0.2, -0.15) is 0 Å². The van der Waals surface area contributed by atoms with E-state index in [2.05, 4.69) is 84.4 Å². The first kappa shape index (κ1) is 57.2. The fourth-order valence-electron chi connectivity index (χ4n) is 24.3. The number of hydrogen-bond acceptors (Lipinski definition) is 14. The maximum Gasteiger partial charge on any atom is 0.0667 e. The van der Waals surface area contributed by atoms with Crippen molar-refractivity contribution in [1.82, 2.24) is 42.5 Å². The highest BCUT2D eigenvalue weighted by atomic mass is 16.5. The fraction of sp³-hybridized carbons (Fsp3) is 1.00. The van der Waals surface area contributed by atoms with Crippen molar-refractivity contribution in [2.75, 3.05) is 41.7 Å². The van der Waals surface area contributed by atoms with E-state index in [4.69, 9.17) is 28.4 Å². The van der Waals surface area contributed by atoms with Crippen LogP contribution in [0.2, 0.25) is 0 Å². The molecule has 14 fully saturated rings. The van der Waals surface area contributed by atoms with Crippen LogP contribution in [0.4, 0.5) is 0 Å². The molecule has 14 heteroatoms. The average Bonchev–Trinajstić information content (AvgIpc) is 3.97. The highest BCUT2D eigenvalue weighted by Gasteiger charge is 2.68. The molecule has 0 aromatic heterocycles. The number of rotatable bonds is 12. The van der Waals surface area contributed by atoms with Crippen molar-refractivity contribution in [1.29, 1.82) is 0 Å². The lowest BCUT2D eigenvalue weighted by Gasteiger charge is -2.56. The molecule has 0 aromatic rings. The summed E-state index contributed by atoms with van der Waals surface area (Å²) in [7, 11) is 8.17. The molecule has 5 heterocycles. The van der Waals surface area contributed by atoms with Gasteiger partial charge in [0.15, 0.2) is 0 Å². The van der Waals surface area contributed by atoms with Crippen molar-refractivity contribution in [2.45, 2.75) is 255 Å². The summed E-state index contributed by atoms with van der Waals surface area (Å²) in [4.78, 5) is 0. The zero-order valence-corrected chi connectivity index (χ0v) is 51.0. The van der Waals surface area contributed by atoms with Crippen LogP contribution in [-0.2, 0) is 28.4 Å². The molecule has 8 N–H and O–H groups in total. The summed E-state index contributed by atoms with van der Waals surface area (Å²) in [6, 6.07) is 0. The molecule has 9 aliphatic carbocycles. The Morgan fingerprint density at radius 3 is 0.850 bits per heavy atom.